The minimum absolute atomic E-state index is 0. The lowest BCUT2D eigenvalue weighted by Crippen LogP contribution is -2.39. The van der Waals surface area contributed by atoms with Crippen molar-refractivity contribution < 1.29 is 9.53 Å². The zero-order chi connectivity index (χ0) is 16.7. The maximum Gasteiger partial charge on any atom is 0.251 e. The van der Waals surface area contributed by atoms with Crippen molar-refractivity contribution in [1.29, 1.82) is 0 Å². The van der Waals surface area contributed by atoms with Gasteiger partial charge >= 0.3 is 0 Å². The van der Waals surface area contributed by atoms with Gasteiger partial charge in [0.2, 0.25) is 0 Å². The molecule has 0 aromatic heterocycles. The second-order valence-corrected chi connectivity index (χ2v) is 5.71. The standard InChI is InChI=1S/C17H26N4O2.HI/c1-4-18-17(21-15-11-12(15)2)20-10-9-19-16(22)13-5-7-14(23-3)8-6-13;/h5-8,12,15H,4,9-11H2,1-3H3,(H,19,22)(H2,18,20,21);1H. The van der Waals surface area contributed by atoms with Gasteiger partial charge in [-0.05, 0) is 43.5 Å². The van der Waals surface area contributed by atoms with E-state index < -0.39 is 0 Å². The van der Waals surface area contributed by atoms with Crippen LogP contribution in [0.5, 0.6) is 5.75 Å². The van der Waals surface area contributed by atoms with Crippen LogP contribution >= 0.6 is 24.0 Å². The number of hydrogen-bond donors (Lipinski definition) is 3. The van der Waals surface area contributed by atoms with E-state index in [0.29, 0.717) is 30.6 Å². The van der Waals surface area contributed by atoms with E-state index in [9.17, 15) is 4.79 Å². The maximum atomic E-state index is 12.0. The third kappa shape index (κ3) is 6.54. The number of amides is 1. The molecule has 6 nitrogen and oxygen atoms in total. The molecule has 2 rings (SSSR count). The summed E-state index contributed by atoms with van der Waals surface area (Å²) in [6.07, 6.45) is 1.19. The molecule has 0 aliphatic heterocycles. The number of hydrogen-bond acceptors (Lipinski definition) is 3. The molecule has 3 N–H and O–H groups in total. The zero-order valence-corrected chi connectivity index (χ0v) is 16.8. The third-order valence-corrected chi connectivity index (χ3v) is 3.80. The predicted octanol–water partition coefficient (Wildman–Crippen LogP) is 2.01. The molecule has 0 bridgehead atoms. The normalized spacial score (nSPS) is 19.0. The summed E-state index contributed by atoms with van der Waals surface area (Å²) >= 11 is 0. The number of halogens is 1. The van der Waals surface area contributed by atoms with Gasteiger partial charge in [-0.1, -0.05) is 6.92 Å². The largest absolute Gasteiger partial charge is 0.497 e. The maximum absolute atomic E-state index is 12.0. The van der Waals surface area contributed by atoms with E-state index in [0.717, 1.165) is 18.3 Å². The van der Waals surface area contributed by atoms with Crippen molar-refractivity contribution in [2.24, 2.45) is 10.9 Å². The Kier molecular flexibility index (Phi) is 8.88. The molecule has 134 valence electrons. The Hall–Kier alpha value is -1.51. The van der Waals surface area contributed by atoms with Gasteiger partial charge in [-0.3, -0.25) is 9.79 Å². The van der Waals surface area contributed by atoms with Gasteiger partial charge in [-0.25, -0.2) is 0 Å². The van der Waals surface area contributed by atoms with Gasteiger partial charge in [0.05, 0.1) is 13.7 Å². The van der Waals surface area contributed by atoms with Crippen molar-refractivity contribution in [2.45, 2.75) is 26.3 Å². The van der Waals surface area contributed by atoms with E-state index in [1.165, 1.54) is 6.42 Å². The number of aliphatic imine (C=N–C) groups is 1. The van der Waals surface area contributed by atoms with Gasteiger partial charge in [0.1, 0.15) is 5.75 Å². The highest BCUT2D eigenvalue weighted by Crippen LogP contribution is 2.28. The monoisotopic (exact) mass is 446 g/mol. The molecule has 0 radical (unpaired) electrons. The van der Waals surface area contributed by atoms with Crippen LogP contribution in [-0.2, 0) is 0 Å². The van der Waals surface area contributed by atoms with Gasteiger partial charge in [-0.15, -0.1) is 24.0 Å². The van der Waals surface area contributed by atoms with Crippen molar-refractivity contribution in [3.05, 3.63) is 29.8 Å². The Labute approximate surface area is 160 Å². The fourth-order valence-electron chi connectivity index (χ4n) is 2.20. The molecule has 1 aliphatic rings. The van der Waals surface area contributed by atoms with Gasteiger partial charge in [-0.2, -0.15) is 0 Å². The minimum atomic E-state index is -0.100. The van der Waals surface area contributed by atoms with Gasteiger partial charge in [0.15, 0.2) is 5.96 Å². The lowest BCUT2D eigenvalue weighted by atomic mass is 10.2. The van der Waals surface area contributed by atoms with Crippen molar-refractivity contribution >= 4 is 35.8 Å². The fourth-order valence-corrected chi connectivity index (χ4v) is 2.20. The fraction of sp³-hybridized carbons (Fsp3) is 0.529. The molecule has 1 amide bonds. The summed E-state index contributed by atoms with van der Waals surface area (Å²) in [6, 6.07) is 7.57. The number of carbonyl (C=O) groups excluding carboxylic acids is 1. The highest BCUT2D eigenvalue weighted by atomic mass is 127. The lowest BCUT2D eigenvalue weighted by Gasteiger charge is -2.11. The summed E-state index contributed by atoms with van der Waals surface area (Å²) in [5.74, 6) is 2.17. The SMILES string of the molecule is CCNC(=NCCNC(=O)c1ccc(OC)cc1)NC1CC1C.I. The zero-order valence-electron chi connectivity index (χ0n) is 14.5. The summed E-state index contributed by atoms with van der Waals surface area (Å²) in [6.45, 7) is 6.13. The molecule has 0 heterocycles. The smallest absolute Gasteiger partial charge is 0.251 e. The Bertz CT molecular complexity index is 548. The van der Waals surface area contributed by atoms with E-state index in [1.807, 2.05) is 6.92 Å². The highest BCUT2D eigenvalue weighted by molar-refractivity contribution is 14.0. The summed E-state index contributed by atoms with van der Waals surface area (Å²) in [5, 5.41) is 9.47. The molecule has 1 fully saturated rings. The molecule has 24 heavy (non-hydrogen) atoms. The Morgan fingerprint density at radius 2 is 1.96 bits per heavy atom. The van der Waals surface area contributed by atoms with Gasteiger partial charge in [0.25, 0.3) is 5.91 Å². The molecular weight excluding hydrogens is 419 g/mol. The van der Waals surface area contributed by atoms with E-state index in [1.54, 1.807) is 31.4 Å². The molecule has 1 saturated carbocycles. The third-order valence-electron chi connectivity index (χ3n) is 3.80. The average Bonchev–Trinajstić information content (AvgIpc) is 3.26. The number of benzene rings is 1. The Morgan fingerprint density at radius 1 is 1.29 bits per heavy atom. The predicted molar refractivity (Wildman–Crippen MR) is 107 cm³/mol. The van der Waals surface area contributed by atoms with Gasteiger partial charge < -0.3 is 20.7 Å². The first kappa shape index (κ1) is 20.5. The second-order valence-electron chi connectivity index (χ2n) is 5.71. The first-order valence-corrected chi connectivity index (χ1v) is 8.11. The second kappa shape index (κ2) is 10.4. The quantitative estimate of drug-likeness (QED) is 0.259. The van der Waals surface area contributed by atoms with Crippen molar-refractivity contribution in [3.8, 4) is 5.75 Å². The average molecular weight is 446 g/mol. The van der Waals surface area contributed by atoms with Crippen molar-refractivity contribution in [1.82, 2.24) is 16.0 Å². The molecule has 0 spiro atoms. The molecular formula is C17H27IN4O2. The molecule has 0 saturated heterocycles. The van der Waals surface area contributed by atoms with Crippen molar-refractivity contribution in [2.75, 3.05) is 26.7 Å². The number of guanidine groups is 1. The molecule has 7 heteroatoms. The van der Waals surface area contributed by atoms with E-state index in [4.69, 9.17) is 4.74 Å². The molecule has 1 aliphatic carbocycles. The molecule has 1 aromatic rings. The van der Waals surface area contributed by atoms with Crippen molar-refractivity contribution in [3.63, 3.8) is 0 Å². The van der Waals surface area contributed by atoms with Gasteiger partial charge in [0, 0.05) is 24.7 Å². The van der Waals surface area contributed by atoms with Crippen LogP contribution in [0.25, 0.3) is 0 Å². The van der Waals surface area contributed by atoms with Crippen LogP contribution in [0.4, 0.5) is 0 Å². The summed E-state index contributed by atoms with van der Waals surface area (Å²) in [7, 11) is 1.60. The summed E-state index contributed by atoms with van der Waals surface area (Å²) < 4.78 is 5.08. The molecule has 1 aromatic carbocycles. The number of nitrogens with one attached hydrogen (secondary N) is 3. The van der Waals surface area contributed by atoms with Crippen LogP contribution in [0, 0.1) is 5.92 Å². The van der Waals surface area contributed by atoms with Crippen LogP contribution in [0.1, 0.15) is 30.6 Å². The Balaban J connectivity index is 0.00000288. The number of ether oxygens (including phenoxy) is 1. The highest BCUT2D eigenvalue weighted by Gasteiger charge is 2.33. The summed E-state index contributed by atoms with van der Waals surface area (Å²) in [5.41, 5.74) is 0.617. The topological polar surface area (TPSA) is 74.8 Å². The van der Waals surface area contributed by atoms with E-state index in [2.05, 4.69) is 27.9 Å². The van der Waals surface area contributed by atoms with E-state index >= 15 is 0 Å². The van der Waals surface area contributed by atoms with Crippen LogP contribution in [0.2, 0.25) is 0 Å². The van der Waals surface area contributed by atoms with Crippen LogP contribution in [-0.4, -0.2) is 44.7 Å². The molecule has 2 atom stereocenters. The van der Waals surface area contributed by atoms with Crippen LogP contribution in [0.3, 0.4) is 0 Å². The number of methoxy groups -OCH3 is 1. The molecule has 2 unspecified atom stereocenters. The summed E-state index contributed by atoms with van der Waals surface area (Å²) in [4.78, 5) is 16.5. The number of rotatable bonds is 7. The van der Waals surface area contributed by atoms with E-state index in [-0.39, 0.29) is 29.9 Å². The lowest BCUT2D eigenvalue weighted by molar-refractivity contribution is 0.0955. The van der Waals surface area contributed by atoms with Crippen LogP contribution in [0.15, 0.2) is 29.3 Å². The van der Waals surface area contributed by atoms with Crippen LogP contribution < -0.4 is 20.7 Å². The first-order valence-electron chi connectivity index (χ1n) is 8.11. The minimum Gasteiger partial charge on any atom is -0.497 e. The number of carbonyl (C=O) groups is 1. The number of nitrogens with zero attached hydrogens (tertiary/aromatic N) is 1. The first-order chi connectivity index (χ1) is 11.1. The Morgan fingerprint density at radius 3 is 2.50 bits per heavy atom.